The Morgan fingerprint density at radius 1 is 0.296 bits per heavy atom. The van der Waals surface area contributed by atoms with Gasteiger partial charge in [-0.05, 0) is 96.3 Å². The Morgan fingerprint density at radius 3 is 0.859 bits per heavy atom. The van der Waals surface area contributed by atoms with Crippen LogP contribution in [0.15, 0.2) is 97.2 Å². The largest absolute Gasteiger partial charge is 0.462 e. The van der Waals surface area contributed by atoms with Crippen molar-refractivity contribution in [2.45, 2.75) is 284 Å². The highest BCUT2D eigenvalue weighted by Gasteiger charge is 2.19. The molecule has 6 nitrogen and oxygen atoms in total. The standard InChI is InChI=1S/C65H110O6/c1-4-7-10-13-16-19-22-25-28-30-31-32-33-35-37-40-43-46-49-52-55-58-64(67)70-61-62(60-69-63(66)57-54-51-48-45-42-39-36-27-24-21-18-15-12-9-6-3)71-65(68)59-56-53-50-47-44-41-38-34-29-26-23-20-17-14-11-8-5-2/h7,9-10,12,16,18-19,21,25,27-28,31-32,35-37,62H,4-6,8,11,13-15,17,20,22-24,26,29-30,33-34,38-61H2,1-3H3/b10-7-,12-9-,19-16-,21-18-,28-25-,32-31-,36-27-,37-35-. The van der Waals surface area contributed by atoms with E-state index in [1.165, 1.54) is 89.9 Å². The first kappa shape index (κ1) is 67.3. The predicted molar refractivity (Wildman–Crippen MR) is 307 cm³/mol. The highest BCUT2D eigenvalue weighted by Crippen LogP contribution is 2.16. The third-order valence-corrected chi connectivity index (χ3v) is 12.6. The third-order valence-electron chi connectivity index (χ3n) is 12.6. The summed E-state index contributed by atoms with van der Waals surface area (Å²) in [6, 6.07) is 0. The molecule has 0 saturated carbocycles. The van der Waals surface area contributed by atoms with Gasteiger partial charge in [-0.15, -0.1) is 0 Å². The second-order valence-corrected chi connectivity index (χ2v) is 19.5. The number of carbonyl (C=O) groups excluding carboxylic acids is 3. The highest BCUT2D eigenvalue weighted by molar-refractivity contribution is 5.71. The Morgan fingerprint density at radius 2 is 0.549 bits per heavy atom. The molecule has 71 heavy (non-hydrogen) atoms. The van der Waals surface area contributed by atoms with Crippen LogP contribution in [0.5, 0.6) is 0 Å². The molecule has 0 N–H and O–H groups in total. The Kier molecular flexibility index (Phi) is 55.9. The Balaban J connectivity index is 4.43. The van der Waals surface area contributed by atoms with Gasteiger partial charge in [-0.1, -0.05) is 259 Å². The fraction of sp³-hybridized carbons (Fsp3) is 0.708. The van der Waals surface area contributed by atoms with Crippen LogP contribution in [0.1, 0.15) is 278 Å². The molecule has 0 aromatic heterocycles. The van der Waals surface area contributed by atoms with E-state index in [1.54, 1.807) is 0 Å². The molecule has 0 rings (SSSR count). The maximum atomic E-state index is 12.9. The number of hydrogen-bond donors (Lipinski definition) is 0. The van der Waals surface area contributed by atoms with Crippen molar-refractivity contribution >= 4 is 17.9 Å². The van der Waals surface area contributed by atoms with E-state index in [-0.39, 0.29) is 31.1 Å². The number of hydrogen-bond acceptors (Lipinski definition) is 6. The molecular weight excluding hydrogens is 877 g/mol. The lowest BCUT2D eigenvalue weighted by molar-refractivity contribution is -0.167. The van der Waals surface area contributed by atoms with Crippen LogP contribution in [-0.2, 0) is 28.6 Å². The van der Waals surface area contributed by atoms with Crippen molar-refractivity contribution in [3.05, 3.63) is 97.2 Å². The number of ether oxygens (including phenoxy) is 3. The average Bonchev–Trinajstić information content (AvgIpc) is 3.37. The molecule has 0 fully saturated rings. The van der Waals surface area contributed by atoms with Crippen molar-refractivity contribution in [1.29, 1.82) is 0 Å². The topological polar surface area (TPSA) is 78.9 Å². The van der Waals surface area contributed by atoms with E-state index >= 15 is 0 Å². The van der Waals surface area contributed by atoms with E-state index in [9.17, 15) is 14.4 Å². The average molecular weight is 988 g/mol. The van der Waals surface area contributed by atoms with E-state index in [0.717, 1.165) is 148 Å². The van der Waals surface area contributed by atoms with E-state index < -0.39 is 6.10 Å². The monoisotopic (exact) mass is 987 g/mol. The normalized spacial score (nSPS) is 12.8. The van der Waals surface area contributed by atoms with E-state index in [4.69, 9.17) is 14.2 Å². The van der Waals surface area contributed by atoms with E-state index in [0.29, 0.717) is 19.3 Å². The molecule has 6 heteroatoms. The van der Waals surface area contributed by atoms with E-state index in [2.05, 4.69) is 118 Å². The molecule has 0 amide bonds. The summed E-state index contributed by atoms with van der Waals surface area (Å²) >= 11 is 0. The zero-order chi connectivity index (χ0) is 51.4. The van der Waals surface area contributed by atoms with Crippen molar-refractivity contribution < 1.29 is 28.6 Å². The lowest BCUT2D eigenvalue weighted by Crippen LogP contribution is -2.30. The van der Waals surface area contributed by atoms with Gasteiger partial charge in [-0.2, -0.15) is 0 Å². The van der Waals surface area contributed by atoms with Crippen molar-refractivity contribution in [2.24, 2.45) is 0 Å². The van der Waals surface area contributed by atoms with Crippen molar-refractivity contribution in [3.63, 3.8) is 0 Å². The number of allylic oxidation sites excluding steroid dienone is 16. The summed E-state index contributed by atoms with van der Waals surface area (Å²) in [5.74, 6) is -0.918. The van der Waals surface area contributed by atoms with Crippen LogP contribution in [0.4, 0.5) is 0 Å². The quantitative estimate of drug-likeness (QED) is 0.0261. The second-order valence-electron chi connectivity index (χ2n) is 19.5. The maximum Gasteiger partial charge on any atom is 0.306 e. The fourth-order valence-electron chi connectivity index (χ4n) is 8.19. The third kappa shape index (κ3) is 57.1. The van der Waals surface area contributed by atoms with Gasteiger partial charge < -0.3 is 14.2 Å². The van der Waals surface area contributed by atoms with Crippen LogP contribution in [0.3, 0.4) is 0 Å². The first-order valence-electron chi connectivity index (χ1n) is 29.7. The minimum Gasteiger partial charge on any atom is -0.462 e. The smallest absolute Gasteiger partial charge is 0.306 e. The van der Waals surface area contributed by atoms with Crippen molar-refractivity contribution in [3.8, 4) is 0 Å². The minimum absolute atomic E-state index is 0.0915. The van der Waals surface area contributed by atoms with Gasteiger partial charge in [-0.25, -0.2) is 0 Å². The fourth-order valence-corrected chi connectivity index (χ4v) is 8.19. The molecule has 0 radical (unpaired) electrons. The van der Waals surface area contributed by atoms with Crippen LogP contribution >= 0.6 is 0 Å². The molecule has 406 valence electrons. The summed E-state index contributed by atoms with van der Waals surface area (Å²) in [7, 11) is 0. The van der Waals surface area contributed by atoms with Gasteiger partial charge in [-0.3, -0.25) is 14.4 Å². The first-order valence-corrected chi connectivity index (χ1v) is 29.7. The van der Waals surface area contributed by atoms with Crippen LogP contribution in [0, 0.1) is 0 Å². The molecule has 0 bridgehead atoms. The molecule has 0 saturated heterocycles. The van der Waals surface area contributed by atoms with E-state index in [1.807, 2.05) is 0 Å². The summed E-state index contributed by atoms with van der Waals surface area (Å²) in [6.45, 7) is 6.40. The number of carbonyl (C=O) groups is 3. The van der Waals surface area contributed by atoms with Gasteiger partial charge in [0.05, 0.1) is 0 Å². The van der Waals surface area contributed by atoms with Crippen molar-refractivity contribution in [2.75, 3.05) is 13.2 Å². The summed E-state index contributed by atoms with van der Waals surface area (Å²) < 4.78 is 16.9. The zero-order valence-electron chi connectivity index (χ0n) is 46.5. The van der Waals surface area contributed by atoms with Gasteiger partial charge in [0.1, 0.15) is 13.2 Å². The second kappa shape index (κ2) is 58.9. The van der Waals surface area contributed by atoms with Crippen LogP contribution < -0.4 is 0 Å². The van der Waals surface area contributed by atoms with Gasteiger partial charge in [0.2, 0.25) is 0 Å². The highest BCUT2D eigenvalue weighted by atomic mass is 16.6. The molecule has 0 aromatic carbocycles. The van der Waals surface area contributed by atoms with Crippen LogP contribution in [0.2, 0.25) is 0 Å². The zero-order valence-corrected chi connectivity index (χ0v) is 46.5. The minimum atomic E-state index is -0.793. The molecular formula is C65H110O6. The van der Waals surface area contributed by atoms with Gasteiger partial charge in [0.25, 0.3) is 0 Å². The Hall–Kier alpha value is -3.67. The lowest BCUT2D eigenvalue weighted by Gasteiger charge is -2.18. The Labute approximate surface area is 438 Å². The summed E-state index contributed by atoms with van der Waals surface area (Å²) in [5, 5.41) is 0. The molecule has 0 aliphatic rings. The maximum absolute atomic E-state index is 12.9. The van der Waals surface area contributed by atoms with Gasteiger partial charge in [0.15, 0.2) is 6.10 Å². The molecule has 0 spiro atoms. The molecule has 0 aliphatic carbocycles. The summed E-state index contributed by atoms with van der Waals surface area (Å²) in [6.07, 6.45) is 78.2. The number of esters is 3. The lowest BCUT2D eigenvalue weighted by atomic mass is 10.0. The number of unbranched alkanes of at least 4 members (excludes halogenated alkanes) is 26. The molecule has 0 aliphatic heterocycles. The van der Waals surface area contributed by atoms with Gasteiger partial charge >= 0.3 is 17.9 Å². The summed E-state index contributed by atoms with van der Waals surface area (Å²) in [5.41, 5.74) is 0. The predicted octanol–water partition coefficient (Wildman–Crippen LogP) is 20.1. The molecule has 0 aromatic rings. The van der Waals surface area contributed by atoms with Crippen LogP contribution in [0.25, 0.3) is 0 Å². The molecule has 0 heterocycles. The Bertz CT molecular complexity index is 1410. The van der Waals surface area contributed by atoms with Crippen molar-refractivity contribution in [1.82, 2.24) is 0 Å². The number of rotatable bonds is 53. The van der Waals surface area contributed by atoms with Crippen LogP contribution in [-0.4, -0.2) is 37.2 Å². The summed E-state index contributed by atoms with van der Waals surface area (Å²) in [4.78, 5) is 38.2. The SMILES string of the molecule is CC/C=C\C/C=C\C/C=C\C/C=C\C/C=C\CCCCCCCC(=O)OCC(COC(=O)CCCCCCC/C=C\C/C=C\C/C=C\CC)OC(=O)CCCCCCCCCCCCCCCCCCC. The van der Waals surface area contributed by atoms with Gasteiger partial charge in [0, 0.05) is 19.3 Å². The molecule has 1 unspecified atom stereocenters. The molecule has 1 atom stereocenters. The first-order chi connectivity index (χ1) is 35.0.